The molecule has 6 heteroatoms. The lowest BCUT2D eigenvalue weighted by Crippen LogP contribution is -2.55. The lowest BCUT2D eigenvalue weighted by atomic mass is 9.90. The number of benzene rings is 2. The molecule has 4 rings (SSSR count). The minimum absolute atomic E-state index is 0.218. The van der Waals surface area contributed by atoms with Gasteiger partial charge in [0.05, 0.1) is 22.4 Å². The Balaban J connectivity index is 2.03. The Morgan fingerprint density at radius 2 is 2.00 bits per heavy atom. The second kappa shape index (κ2) is 6.74. The van der Waals surface area contributed by atoms with E-state index in [9.17, 15) is 0 Å². The number of aromatic nitrogens is 1. The summed E-state index contributed by atoms with van der Waals surface area (Å²) in [6.45, 7) is 8.98. The maximum absolute atomic E-state index is 15.5. The van der Waals surface area contributed by atoms with E-state index in [-0.39, 0.29) is 17.5 Å². The zero-order valence-corrected chi connectivity index (χ0v) is 17.7. The highest BCUT2D eigenvalue weighted by atomic mass is 19.1. The summed E-state index contributed by atoms with van der Waals surface area (Å²) in [5.41, 5.74) is 4.05. The van der Waals surface area contributed by atoms with Crippen molar-refractivity contribution in [3.63, 3.8) is 0 Å². The summed E-state index contributed by atoms with van der Waals surface area (Å²) in [6.07, 6.45) is 1.84. The molecule has 0 amide bonds. The summed E-state index contributed by atoms with van der Waals surface area (Å²) in [5, 5.41) is 21.1. The van der Waals surface area contributed by atoms with E-state index >= 15 is 4.39 Å². The molecule has 0 radical (unpaired) electrons. The molecule has 0 saturated heterocycles. The number of hydrogen-bond acceptors (Lipinski definition) is 3. The van der Waals surface area contributed by atoms with Crippen molar-refractivity contribution in [1.29, 1.82) is 10.8 Å². The molecule has 0 unspecified atom stereocenters. The molecule has 2 aromatic carbocycles. The number of amidine groups is 2. The Hall–Kier alpha value is -3.59. The first-order valence-corrected chi connectivity index (χ1v) is 9.76. The molecular weight excluding hydrogens is 377 g/mol. The summed E-state index contributed by atoms with van der Waals surface area (Å²) < 4.78 is 15.5. The standard InChI is InChI=1S/C24H24FN5/c1-6-8-15-12-28-21-16(15)9-7-10-17(21)20-13(2)22-19(11-18(20)25)29-24(4,5)23(27)30(22)14(3)26/h7,9-12,26-29H,1-5H3. The van der Waals surface area contributed by atoms with E-state index in [1.54, 1.807) is 18.7 Å². The van der Waals surface area contributed by atoms with Crippen molar-refractivity contribution in [3.05, 3.63) is 47.4 Å². The molecule has 0 spiro atoms. The number of aromatic amines is 1. The Labute approximate surface area is 175 Å². The van der Waals surface area contributed by atoms with Crippen LogP contribution in [0.15, 0.2) is 30.5 Å². The summed E-state index contributed by atoms with van der Waals surface area (Å²) >= 11 is 0. The lowest BCUT2D eigenvalue weighted by Gasteiger charge is -2.43. The molecule has 0 aliphatic carbocycles. The van der Waals surface area contributed by atoms with E-state index in [4.69, 9.17) is 10.8 Å². The van der Waals surface area contributed by atoms with Crippen LogP contribution in [0, 0.1) is 35.4 Å². The fourth-order valence-corrected chi connectivity index (χ4v) is 4.20. The van der Waals surface area contributed by atoms with Crippen LogP contribution >= 0.6 is 0 Å². The first-order chi connectivity index (χ1) is 14.2. The van der Waals surface area contributed by atoms with Crippen LogP contribution in [0.3, 0.4) is 0 Å². The fraction of sp³-hybridized carbons (Fsp3) is 0.250. The molecule has 2 heterocycles. The molecule has 1 aromatic heterocycles. The van der Waals surface area contributed by atoms with Crippen LogP contribution in [0.1, 0.15) is 38.8 Å². The van der Waals surface area contributed by atoms with E-state index in [1.807, 2.05) is 45.2 Å². The van der Waals surface area contributed by atoms with Gasteiger partial charge in [0.1, 0.15) is 17.5 Å². The highest BCUT2D eigenvalue weighted by Crippen LogP contribution is 2.45. The van der Waals surface area contributed by atoms with Crippen LogP contribution in [0.5, 0.6) is 0 Å². The van der Waals surface area contributed by atoms with Gasteiger partial charge in [-0.2, -0.15) is 0 Å². The van der Waals surface area contributed by atoms with Gasteiger partial charge in [0.15, 0.2) is 0 Å². The Kier molecular flexibility index (Phi) is 4.43. The largest absolute Gasteiger partial charge is 0.371 e. The van der Waals surface area contributed by atoms with Gasteiger partial charge >= 0.3 is 0 Å². The number of anilines is 2. The quantitative estimate of drug-likeness (QED) is 0.242. The molecule has 1 aliphatic heterocycles. The molecule has 3 aromatic rings. The number of fused-ring (bicyclic) bond motifs is 2. The Bertz CT molecular complexity index is 1290. The monoisotopic (exact) mass is 401 g/mol. The summed E-state index contributed by atoms with van der Waals surface area (Å²) in [7, 11) is 0. The SMILES string of the molecule is CC#Cc1c[nH]c2c(-c3c(F)cc4c(c3C)N(C(C)=N)C(=N)C(C)(C)N4)cccc12. The van der Waals surface area contributed by atoms with E-state index in [0.717, 1.165) is 22.0 Å². The Morgan fingerprint density at radius 1 is 1.27 bits per heavy atom. The van der Waals surface area contributed by atoms with Gasteiger partial charge in [-0.05, 0) is 46.2 Å². The smallest absolute Gasteiger partial charge is 0.133 e. The predicted molar refractivity (Wildman–Crippen MR) is 122 cm³/mol. The van der Waals surface area contributed by atoms with Crippen molar-refractivity contribution in [3.8, 4) is 23.0 Å². The normalized spacial score (nSPS) is 14.7. The van der Waals surface area contributed by atoms with Crippen LogP contribution in [0.4, 0.5) is 15.8 Å². The van der Waals surface area contributed by atoms with Crippen molar-refractivity contribution >= 4 is 33.9 Å². The molecule has 5 nitrogen and oxygen atoms in total. The van der Waals surface area contributed by atoms with E-state index in [1.165, 1.54) is 6.07 Å². The summed E-state index contributed by atoms with van der Waals surface area (Å²) in [4.78, 5) is 4.84. The molecule has 0 fully saturated rings. The fourth-order valence-electron chi connectivity index (χ4n) is 4.20. The topological polar surface area (TPSA) is 78.8 Å². The molecule has 4 N–H and O–H groups in total. The van der Waals surface area contributed by atoms with E-state index in [2.05, 4.69) is 22.1 Å². The lowest BCUT2D eigenvalue weighted by molar-refractivity contribution is 0.629. The van der Waals surface area contributed by atoms with Crippen molar-refractivity contribution in [1.82, 2.24) is 4.98 Å². The van der Waals surface area contributed by atoms with Gasteiger partial charge in [-0.3, -0.25) is 15.7 Å². The number of rotatable bonds is 1. The number of hydrogen-bond donors (Lipinski definition) is 4. The maximum atomic E-state index is 15.5. The van der Waals surface area contributed by atoms with Crippen LogP contribution in [0.2, 0.25) is 0 Å². The predicted octanol–water partition coefficient (Wildman–Crippen LogP) is 5.64. The summed E-state index contributed by atoms with van der Waals surface area (Å²) in [5.74, 6) is 6.10. The molecule has 0 bridgehead atoms. The van der Waals surface area contributed by atoms with Gasteiger partial charge in [0.25, 0.3) is 0 Å². The third kappa shape index (κ3) is 2.78. The highest BCUT2D eigenvalue weighted by Gasteiger charge is 2.38. The first kappa shape index (κ1) is 19.7. The molecule has 30 heavy (non-hydrogen) atoms. The molecule has 152 valence electrons. The molecule has 0 saturated carbocycles. The number of nitrogens with zero attached hydrogens (tertiary/aromatic N) is 1. The van der Waals surface area contributed by atoms with Crippen molar-refractivity contribution in [2.75, 3.05) is 10.2 Å². The van der Waals surface area contributed by atoms with Crippen LogP contribution in [0.25, 0.3) is 22.0 Å². The number of nitrogens with one attached hydrogen (secondary N) is 4. The first-order valence-electron chi connectivity index (χ1n) is 9.76. The van der Waals surface area contributed by atoms with Crippen molar-refractivity contribution < 1.29 is 4.39 Å². The van der Waals surface area contributed by atoms with Gasteiger partial charge in [-0.25, -0.2) is 4.39 Å². The second-order valence-corrected chi connectivity index (χ2v) is 8.08. The van der Waals surface area contributed by atoms with E-state index < -0.39 is 5.54 Å². The highest BCUT2D eigenvalue weighted by molar-refractivity contribution is 6.24. The van der Waals surface area contributed by atoms with Gasteiger partial charge in [-0.15, -0.1) is 5.92 Å². The van der Waals surface area contributed by atoms with Crippen molar-refractivity contribution in [2.45, 2.75) is 40.2 Å². The van der Waals surface area contributed by atoms with Crippen LogP contribution in [-0.2, 0) is 0 Å². The van der Waals surface area contributed by atoms with Crippen molar-refractivity contribution in [2.24, 2.45) is 0 Å². The van der Waals surface area contributed by atoms with E-state index in [0.29, 0.717) is 22.5 Å². The average molecular weight is 401 g/mol. The van der Waals surface area contributed by atoms with Gasteiger partial charge < -0.3 is 10.3 Å². The molecule has 1 aliphatic rings. The number of H-pyrrole nitrogens is 1. The van der Waals surface area contributed by atoms with Gasteiger partial charge in [-0.1, -0.05) is 24.1 Å². The third-order valence-corrected chi connectivity index (χ3v) is 5.56. The van der Waals surface area contributed by atoms with Gasteiger partial charge in [0.2, 0.25) is 0 Å². The van der Waals surface area contributed by atoms with Crippen LogP contribution < -0.4 is 10.2 Å². The molecule has 0 atom stereocenters. The maximum Gasteiger partial charge on any atom is 0.133 e. The number of para-hydroxylation sites is 1. The zero-order chi connectivity index (χ0) is 21.8. The average Bonchev–Trinajstić information content (AvgIpc) is 3.07. The second-order valence-electron chi connectivity index (χ2n) is 8.08. The summed E-state index contributed by atoms with van der Waals surface area (Å²) in [6, 6.07) is 7.21. The minimum atomic E-state index is -0.719. The minimum Gasteiger partial charge on any atom is -0.371 e. The third-order valence-electron chi connectivity index (χ3n) is 5.56. The Morgan fingerprint density at radius 3 is 2.67 bits per heavy atom. The molecular formula is C24H24FN5. The number of halogens is 1. The van der Waals surface area contributed by atoms with Crippen LogP contribution in [-0.4, -0.2) is 22.2 Å². The van der Waals surface area contributed by atoms with Gasteiger partial charge in [0, 0.05) is 28.3 Å². The zero-order valence-electron chi connectivity index (χ0n) is 17.7.